The molecule has 170 valence electrons. The van der Waals surface area contributed by atoms with Crippen molar-refractivity contribution in [1.82, 2.24) is 30.2 Å². The molecule has 1 amide bonds. The largest absolute Gasteiger partial charge is 0.384 e. The van der Waals surface area contributed by atoms with Gasteiger partial charge in [0.15, 0.2) is 0 Å². The maximum absolute atomic E-state index is 12.3. The Labute approximate surface area is 191 Å². The van der Waals surface area contributed by atoms with Gasteiger partial charge in [0, 0.05) is 18.5 Å². The number of H-pyrrole nitrogens is 1. The number of aryl methyl sites for hydroxylation is 1. The SMILES string of the molecule is CCCc1nc(C(C)(C)O)c(C(N)=O)n1Cc1ccc(-c2ccccc2-c2nn[nH]n2)cc1. The molecule has 9 heteroatoms. The molecule has 0 saturated carbocycles. The number of hydrogen-bond acceptors (Lipinski definition) is 6. The Morgan fingerprint density at radius 1 is 1.12 bits per heavy atom. The summed E-state index contributed by atoms with van der Waals surface area (Å²) in [6.45, 7) is 5.68. The monoisotopic (exact) mass is 445 g/mol. The lowest BCUT2D eigenvalue weighted by Crippen LogP contribution is -2.25. The molecule has 4 N–H and O–H groups in total. The van der Waals surface area contributed by atoms with E-state index in [1.54, 1.807) is 13.8 Å². The lowest BCUT2D eigenvalue weighted by atomic mass is 9.98. The van der Waals surface area contributed by atoms with Crippen LogP contribution in [-0.2, 0) is 18.6 Å². The first kappa shape index (κ1) is 22.3. The fourth-order valence-corrected chi connectivity index (χ4v) is 3.94. The molecule has 2 heterocycles. The van der Waals surface area contributed by atoms with E-state index in [2.05, 4.69) is 25.6 Å². The van der Waals surface area contributed by atoms with Crippen LogP contribution in [0.3, 0.4) is 0 Å². The fraction of sp³-hybridized carbons (Fsp3) is 0.292. The van der Waals surface area contributed by atoms with E-state index in [9.17, 15) is 9.90 Å². The zero-order valence-electron chi connectivity index (χ0n) is 18.9. The molecule has 0 aliphatic carbocycles. The first-order valence-corrected chi connectivity index (χ1v) is 10.8. The van der Waals surface area contributed by atoms with Crippen molar-refractivity contribution in [3.05, 3.63) is 71.3 Å². The molecule has 0 aliphatic heterocycles. The number of carbonyl (C=O) groups is 1. The molecule has 0 saturated heterocycles. The quantitative estimate of drug-likeness (QED) is 0.381. The Hall–Kier alpha value is -3.85. The predicted molar refractivity (Wildman–Crippen MR) is 124 cm³/mol. The highest BCUT2D eigenvalue weighted by molar-refractivity contribution is 5.92. The van der Waals surface area contributed by atoms with Crippen molar-refractivity contribution in [2.45, 2.75) is 45.8 Å². The Balaban J connectivity index is 1.70. The van der Waals surface area contributed by atoms with Gasteiger partial charge < -0.3 is 15.4 Å². The molecular formula is C24H27N7O2. The van der Waals surface area contributed by atoms with E-state index in [-0.39, 0.29) is 5.69 Å². The van der Waals surface area contributed by atoms with Crippen LogP contribution < -0.4 is 5.73 Å². The second kappa shape index (κ2) is 8.95. The third kappa shape index (κ3) is 4.54. The molecule has 0 unspecified atom stereocenters. The van der Waals surface area contributed by atoms with Crippen LogP contribution >= 0.6 is 0 Å². The lowest BCUT2D eigenvalue weighted by Gasteiger charge is -2.17. The summed E-state index contributed by atoms with van der Waals surface area (Å²) in [5, 5.41) is 24.9. The van der Waals surface area contributed by atoms with Crippen molar-refractivity contribution in [3.8, 4) is 22.5 Å². The molecule has 0 atom stereocenters. The van der Waals surface area contributed by atoms with Crippen LogP contribution in [0.2, 0.25) is 0 Å². The highest BCUT2D eigenvalue weighted by Gasteiger charge is 2.30. The number of nitrogens with two attached hydrogens (primary N) is 1. The van der Waals surface area contributed by atoms with Gasteiger partial charge in [-0.25, -0.2) is 4.98 Å². The summed E-state index contributed by atoms with van der Waals surface area (Å²) in [6.07, 6.45) is 1.53. The summed E-state index contributed by atoms with van der Waals surface area (Å²) in [5.41, 5.74) is 8.84. The normalized spacial score (nSPS) is 11.6. The Morgan fingerprint density at radius 3 is 2.39 bits per heavy atom. The van der Waals surface area contributed by atoms with Crippen molar-refractivity contribution >= 4 is 5.91 Å². The number of imidazole rings is 1. The number of benzene rings is 2. The molecule has 0 bridgehead atoms. The van der Waals surface area contributed by atoms with Crippen molar-refractivity contribution in [2.75, 3.05) is 0 Å². The van der Waals surface area contributed by atoms with E-state index < -0.39 is 11.5 Å². The van der Waals surface area contributed by atoms with Gasteiger partial charge in [0.1, 0.15) is 22.8 Å². The summed E-state index contributed by atoms with van der Waals surface area (Å²) < 4.78 is 1.82. The standard InChI is InChI=1S/C24H27N7O2/c1-4-7-19-26-21(24(2,3)33)20(22(25)32)31(19)14-15-10-12-16(13-11-15)17-8-5-6-9-18(17)23-27-29-30-28-23/h5-6,8-13,33H,4,7,14H2,1-3H3,(H2,25,32)(H,27,28,29,30). The van der Waals surface area contributed by atoms with Gasteiger partial charge in [-0.2, -0.15) is 5.21 Å². The smallest absolute Gasteiger partial charge is 0.267 e. The number of aromatic amines is 1. The topological polar surface area (TPSA) is 136 Å². The number of nitrogens with one attached hydrogen (secondary N) is 1. The number of aliphatic hydroxyl groups is 1. The van der Waals surface area contributed by atoms with Crippen molar-refractivity contribution in [2.24, 2.45) is 5.73 Å². The van der Waals surface area contributed by atoms with Gasteiger partial charge in [0.05, 0.1) is 0 Å². The fourth-order valence-electron chi connectivity index (χ4n) is 3.94. The van der Waals surface area contributed by atoms with Gasteiger partial charge in [-0.1, -0.05) is 55.5 Å². The Kier molecular flexibility index (Phi) is 6.06. The maximum Gasteiger partial charge on any atom is 0.267 e. The molecule has 2 aromatic heterocycles. The van der Waals surface area contributed by atoms with Gasteiger partial charge >= 0.3 is 0 Å². The highest BCUT2D eigenvalue weighted by atomic mass is 16.3. The Morgan fingerprint density at radius 2 is 1.82 bits per heavy atom. The molecule has 0 aliphatic rings. The number of rotatable bonds is 8. The van der Waals surface area contributed by atoms with Crippen molar-refractivity contribution < 1.29 is 9.90 Å². The molecule has 4 aromatic rings. The minimum atomic E-state index is -1.28. The third-order valence-electron chi connectivity index (χ3n) is 5.45. The molecular weight excluding hydrogens is 418 g/mol. The minimum Gasteiger partial charge on any atom is -0.384 e. The van der Waals surface area contributed by atoms with Crippen LogP contribution in [0.25, 0.3) is 22.5 Å². The van der Waals surface area contributed by atoms with E-state index in [0.717, 1.165) is 34.5 Å². The first-order valence-electron chi connectivity index (χ1n) is 10.8. The number of hydrogen-bond donors (Lipinski definition) is 3. The molecule has 4 rings (SSSR count). The van der Waals surface area contributed by atoms with E-state index >= 15 is 0 Å². The summed E-state index contributed by atoms with van der Waals surface area (Å²) in [5.74, 6) is 0.658. The number of primary amides is 1. The molecule has 0 spiro atoms. The number of nitrogens with zero attached hydrogens (tertiary/aromatic N) is 5. The maximum atomic E-state index is 12.3. The average molecular weight is 446 g/mol. The van der Waals surface area contributed by atoms with Crippen molar-refractivity contribution in [3.63, 3.8) is 0 Å². The molecule has 0 radical (unpaired) electrons. The average Bonchev–Trinajstić information content (AvgIpc) is 3.43. The van der Waals surface area contributed by atoms with Crippen LogP contribution in [0.15, 0.2) is 48.5 Å². The highest BCUT2D eigenvalue weighted by Crippen LogP contribution is 2.30. The first-order chi connectivity index (χ1) is 15.8. The van der Waals surface area contributed by atoms with Gasteiger partial charge in [-0.15, -0.1) is 10.2 Å². The van der Waals surface area contributed by atoms with Crippen LogP contribution in [-0.4, -0.2) is 41.2 Å². The van der Waals surface area contributed by atoms with Gasteiger partial charge in [-0.05, 0) is 42.2 Å². The number of amides is 1. The lowest BCUT2D eigenvalue weighted by molar-refractivity contribution is 0.0711. The second-order valence-electron chi connectivity index (χ2n) is 8.46. The van der Waals surface area contributed by atoms with E-state index in [1.165, 1.54) is 0 Å². The van der Waals surface area contributed by atoms with Crippen molar-refractivity contribution in [1.29, 1.82) is 0 Å². The molecule has 33 heavy (non-hydrogen) atoms. The van der Waals surface area contributed by atoms with Gasteiger partial charge in [0.2, 0.25) is 5.82 Å². The van der Waals surface area contributed by atoms with Crippen LogP contribution in [0.1, 0.15) is 54.8 Å². The molecule has 2 aromatic carbocycles. The predicted octanol–water partition coefficient (Wildman–Crippen LogP) is 3.06. The molecule has 9 nitrogen and oxygen atoms in total. The Bertz CT molecular complexity index is 1250. The van der Waals surface area contributed by atoms with E-state index in [0.29, 0.717) is 24.5 Å². The zero-order valence-corrected chi connectivity index (χ0v) is 18.9. The second-order valence-corrected chi connectivity index (χ2v) is 8.46. The van der Waals surface area contributed by atoms with Gasteiger partial charge in [0.25, 0.3) is 5.91 Å². The minimum absolute atomic E-state index is 0.248. The van der Waals surface area contributed by atoms with Crippen LogP contribution in [0.5, 0.6) is 0 Å². The number of tetrazole rings is 1. The number of aromatic nitrogens is 6. The summed E-state index contributed by atoms with van der Waals surface area (Å²) in [4.78, 5) is 16.9. The van der Waals surface area contributed by atoms with Crippen LogP contribution in [0.4, 0.5) is 0 Å². The third-order valence-corrected chi connectivity index (χ3v) is 5.45. The summed E-state index contributed by atoms with van der Waals surface area (Å²) in [7, 11) is 0. The van der Waals surface area contributed by atoms with Crippen LogP contribution in [0, 0.1) is 0 Å². The van der Waals surface area contributed by atoms with Gasteiger partial charge in [-0.3, -0.25) is 4.79 Å². The zero-order chi connectivity index (χ0) is 23.6. The summed E-state index contributed by atoms with van der Waals surface area (Å²) >= 11 is 0. The summed E-state index contributed by atoms with van der Waals surface area (Å²) in [6, 6.07) is 15.9. The van der Waals surface area contributed by atoms with E-state index in [1.807, 2.05) is 60.0 Å². The van der Waals surface area contributed by atoms with E-state index in [4.69, 9.17) is 5.73 Å². The number of carbonyl (C=O) groups excluding carboxylic acids is 1. The molecule has 0 fully saturated rings.